The Balaban J connectivity index is 1.79. The summed E-state index contributed by atoms with van der Waals surface area (Å²) in [5, 5.41) is 0. The third-order valence-electron chi connectivity index (χ3n) is 5.57. The molecule has 0 N–H and O–H groups in total. The van der Waals surface area contributed by atoms with Crippen LogP contribution in [0.25, 0.3) is 0 Å². The molecule has 0 heterocycles. The summed E-state index contributed by atoms with van der Waals surface area (Å²) in [6.45, 7) is 8.07. The molecule has 0 bridgehead atoms. The number of aryl methyl sites for hydroxylation is 1. The Morgan fingerprint density at radius 1 is 0.618 bits per heavy atom. The van der Waals surface area contributed by atoms with Crippen LogP contribution in [0.5, 0.6) is 0 Å². The average molecular weight is 443 g/mol. The predicted octanol–water partition coefficient (Wildman–Crippen LogP) is 9.25. The second-order valence-electron chi connectivity index (χ2n) is 8.02. The highest BCUT2D eigenvalue weighted by molar-refractivity contribution is 5.79. The first-order valence-corrected chi connectivity index (χ1v) is 11.5. The molecule has 0 unspecified atom stereocenters. The number of benzene rings is 4. The molecule has 2 heteroatoms. The van der Waals surface area contributed by atoms with Gasteiger partial charge in [-0.15, -0.1) is 0 Å². The zero-order valence-electron chi connectivity index (χ0n) is 19.8. The largest absolute Gasteiger partial charge is 0.311 e. The second kappa shape index (κ2) is 11.0. The molecule has 0 aliphatic rings. The Kier molecular flexibility index (Phi) is 7.42. The summed E-state index contributed by atoms with van der Waals surface area (Å²) in [6.07, 6.45) is 8.03. The quantitative estimate of drug-likeness (QED) is 0.251. The normalized spacial score (nSPS) is 11.4. The zero-order chi connectivity index (χ0) is 23.8. The van der Waals surface area contributed by atoms with Gasteiger partial charge in [-0.2, -0.15) is 0 Å². The monoisotopic (exact) mass is 442 g/mol. The van der Waals surface area contributed by atoms with E-state index >= 15 is 0 Å². The maximum Gasteiger partial charge on any atom is 0.0463 e. The molecule has 0 aliphatic carbocycles. The fourth-order valence-electron chi connectivity index (χ4n) is 3.99. The van der Waals surface area contributed by atoms with Crippen LogP contribution >= 0.6 is 0 Å². The number of allylic oxidation sites excluding steroid dienone is 4. The Labute approximate surface area is 203 Å². The minimum absolute atomic E-state index is 1.05. The highest BCUT2D eigenvalue weighted by Crippen LogP contribution is 2.37. The Hall–Kier alpha value is -4.30. The second-order valence-corrected chi connectivity index (χ2v) is 8.02. The Morgan fingerprint density at radius 3 is 1.53 bits per heavy atom. The average Bonchev–Trinajstić information content (AvgIpc) is 2.88. The van der Waals surface area contributed by atoms with Crippen LogP contribution in [0, 0.1) is 6.92 Å². The van der Waals surface area contributed by atoms with Gasteiger partial charge in [-0.25, -0.2) is 0 Å². The standard InChI is InChI=1S/C32H30N2/c1-4-12-27(13-5-2)33(30-20-18-26(3)19-21-30)31-22-24-32(25-23-31)34(28-14-8-6-9-15-28)29-16-10-7-11-17-29/h4-25H,1H2,2-3H3/b13-5-,27-12+. The summed E-state index contributed by atoms with van der Waals surface area (Å²) in [4.78, 5) is 4.52. The molecule has 34 heavy (non-hydrogen) atoms. The van der Waals surface area contributed by atoms with Crippen molar-refractivity contribution in [1.82, 2.24) is 0 Å². The lowest BCUT2D eigenvalue weighted by Crippen LogP contribution is -2.15. The SMILES string of the molecule is C=C/C=C(\C=C/C)N(c1ccc(C)cc1)c1ccc(N(c2ccccc2)c2ccccc2)cc1. The molecule has 0 saturated heterocycles. The smallest absolute Gasteiger partial charge is 0.0463 e. The van der Waals surface area contributed by atoms with E-state index in [2.05, 4.69) is 133 Å². The Bertz CT molecular complexity index is 1210. The van der Waals surface area contributed by atoms with Crippen molar-refractivity contribution in [1.29, 1.82) is 0 Å². The summed E-state index contributed by atoms with van der Waals surface area (Å²) >= 11 is 0. The van der Waals surface area contributed by atoms with Crippen LogP contribution in [-0.4, -0.2) is 0 Å². The van der Waals surface area contributed by atoms with Gasteiger partial charge < -0.3 is 9.80 Å². The third-order valence-corrected chi connectivity index (χ3v) is 5.57. The molecule has 0 fully saturated rings. The molecule has 0 aliphatic heterocycles. The first kappa shape index (κ1) is 22.9. The minimum atomic E-state index is 1.05. The highest BCUT2D eigenvalue weighted by Gasteiger charge is 2.15. The number of hydrogen-bond donors (Lipinski definition) is 0. The highest BCUT2D eigenvalue weighted by atomic mass is 15.2. The molecule has 0 amide bonds. The van der Waals surface area contributed by atoms with Crippen molar-refractivity contribution in [2.24, 2.45) is 0 Å². The number of nitrogens with zero attached hydrogens (tertiary/aromatic N) is 2. The summed E-state index contributed by atoms with van der Waals surface area (Å²) < 4.78 is 0. The molecule has 0 aromatic heterocycles. The van der Waals surface area contributed by atoms with Crippen LogP contribution in [0.4, 0.5) is 28.4 Å². The van der Waals surface area contributed by atoms with Crippen LogP contribution in [0.2, 0.25) is 0 Å². The van der Waals surface area contributed by atoms with Gasteiger partial charge in [0.1, 0.15) is 0 Å². The fourth-order valence-corrected chi connectivity index (χ4v) is 3.99. The van der Waals surface area contributed by atoms with Crippen molar-refractivity contribution in [3.63, 3.8) is 0 Å². The molecule has 4 aromatic carbocycles. The topological polar surface area (TPSA) is 6.48 Å². The predicted molar refractivity (Wildman–Crippen MR) is 148 cm³/mol. The van der Waals surface area contributed by atoms with Gasteiger partial charge in [0.05, 0.1) is 0 Å². The van der Waals surface area contributed by atoms with Crippen LogP contribution in [-0.2, 0) is 0 Å². The van der Waals surface area contributed by atoms with Gasteiger partial charge in [-0.05, 0) is 86.7 Å². The minimum Gasteiger partial charge on any atom is -0.311 e. The van der Waals surface area contributed by atoms with Crippen LogP contribution in [0.15, 0.2) is 146 Å². The first-order valence-electron chi connectivity index (χ1n) is 11.5. The van der Waals surface area contributed by atoms with E-state index in [1.165, 1.54) is 5.56 Å². The van der Waals surface area contributed by atoms with Gasteiger partial charge in [-0.3, -0.25) is 0 Å². The maximum absolute atomic E-state index is 3.93. The molecule has 168 valence electrons. The first-order chi connectivity index (χ1) is 16.7. The van der Waals surface area contributed by atoms with Crippen LogP contribution < -0.4 is 9.80 Å². The van der Waals surface area contributed by atoms with Gasteiger partial charge >= 0.3 is 0 Å². The van der Waals surface area contributed by atoms with E-state index in [9.17, 15) is 0 Å². The van der Waals surface area contributed by atoms with E-state index in [4.69, 9.17) is 0 Å². The van der Waals surface area contributed by atoms with E-state index in [0.29, 0.717) is 0 Å². The molecule has 0 saturated carbocycles. The van der Waals surface area contributed by atoms with Gasteiger partial charge in [0.25, 0.3) is 0 Å². The summed E-state index contributed by atoms with van der Waals surface area (Å²) in [6, 6.07) is 38.2. The maximum atomic E-state index is 3.93. The molecule has 0 spiro atoms. The van der Waals surface area contributed by atoms with E-state index < -0.39 is 0 Å². The van der Waals surface area contributed by atoms with Crippen molar-refractivity contribution in [2.45, 2.75) is 13.8 Å². The van der Waals surface area contributed by atoms with E-state index in [-0.39, 0.29) is 0 Å². The van der Waals surface area contributed by atoms with E-state index in [1.807, 2.05) is 31.2 Å². The number of anilines is 5. The van der Waals surface area contributed by atoms with Crippen LogP contribution in [0.3, 0.4) is 0 Å². The van der Waals surface area contributed by atoms with E-state index in [1.54, 1.807) is 0 Å². The lowest BCUT2D eigenvalue weighted by Gasteiger charge is -2.29. The van der Waals surface area contributed by atoms with Gasteiger partial charge in [-0.1, -0.05) is 72.8 Å². The fraction of sp³-hybridized carbons (Fsp3) is 0.0625. The van der Waals surface area contributed by atoms with Crippen molar-refractivity contribution in [3.05, 3.63) is 151 Å². The molecular weight excluding hydrogens is 412 g/mol. The molecule has 2 nitrogen and oxygen atoms in total. The van der Waals surface area contributed by atoms with Crippen molar-refractivity contribution < 1.29 is 0 Å². The van der Waals surface area contributed by atoms with Gasteiger partial charge in [0.15, 0.2) is 0 Å². The van der Waals surface area contributed by atoms with Crippen LogP contribution in [0.1, 0.15) is 12.5 Å². The van der Waals surface area contributed by atoms with Crippen molar-refractivity contribution in [3.8, 4) is 0 Å². The zero-order valence-corrected chi connectivity index (χ0v) is 19.8. The lowest BCUT2D eigenvalue weighted by molar-refractivity contribution is 1.20. The number of hydrogen-bond acceptors (Lipinski definition) is 2. The van der Waals surface area contributed by atoms with Crippen molar-refractivity contribution >= 4 is 28.4 Å². The Morgan fingerprint density at radius 2 is 1.06 bits per heavy atom. The third kappa shape index (κ3) is 5.19. The summed E-state index contributed by atoms with van der Waals surface area (Å²) in [5.41, 5.74) is 7.83. The van der Waals surface area contributed by atoms with Gasteiger partial charge in [0, 0.05) is 34.1 Å². The van der Waals surface area contributed by atoms with Gasteiger partial charge in [0.2, 0.25) is 0 Å². The molecular formula is C32H30N2. The number of para-hydroxylation sites is 2. The molecule has 4 aromatic rings. The summed E-state index contributed by atoms with van der Waals surface area (Å²) in [5.74, 6) is 0. The number of rotatable bonds is 8. The molecule has 0 radical (unpaired) electrons. The van der Waals surface area contributed by atoms with E-state index in [0.717, 1.165) is 34.1 Å². The summed E-state index contributed by atoms with van der Waals surface area (Å²) in [7, 11) is 0. The molecule has 4 rings (SSSR count). The van der Waals surface area contributed by atoms with Crippen molar-refractivity contribution in [2.75, 3.05) is 9.80 Å². The lowest BCUT2D eigenvalue weighted by atomic mass is 10.1. The molecule has 0 atom stereocenters.